The van der Waals surface area contributed by atoms with Crippen molar-refractivity contribution in [2.75, 3.05) is 24.6 Å². The van der Waals surface area contributed by atoms with E-state index in [2.05, 4.69) is 8.75 Å². The molecule has 0 unspecified atom stereocenters. The van der Waals surface area contributed by atoms with Crippen molar-refractivity contribution in [2.24, 2.45) is 0 Å². The van der Waals surface area contributed by atoms with E-state index >= 15 is 0 Å². The summed E-state index contributed by atoms with van der Waals surface area (Å²) in [5.74, 6) is 0.318. The Labute approximate surface area is 83.6 Å². The van der Waals surface area contributed by atoms with Crippen molar-refractivity contribution < 1.29 is 9.53 Å². The van der Waals surface area contributed by atoms with E-state index in [-0.39, 0.29) is 12.5 Å². The van der Waals surface area contributed by atoms with Crippen molar-refractivity contribution in [3.8, 4) is 0 Å². The number of nitrogens with zero attached hydrogens (tertiary/aromatic N) is 3. The van der Waals surface area contributed by atoms with Gasteiger partial charge in [0.2, 0.25) is 0 Å². The van der Waals surface area contributed by atoms with Crippen molar-refractivity contribution >= 4 is 35.1 Å². The second-order valence-corrected chi connectivity index (χ2v) is 3.41. The van der Waals surface area contributed by atoms with E-state index in [1.807, 2.05) is 0 Å². The molecule has 2 rings (SSSR count). The lowest BCUT2D eigenvalue weighted by atomic mass is 10.4. The zero-order valence-corrected chi connectivity index (χ0v) is 8.14. The average molecular weight is 220 g/mol. The molecular weight excluding hydrogens is 214 g/mol. The molecule has 0 aromatic carbocycles. The van der Waals surface area contributed by atoms with Crippen LogP contribution < -0.4 is 4.90 Å². The third kappa shape index (κ3) is 1.73. The minimum Gasteiger partial charge on any atom is -0.462 e. The second-order valence-electron chi connectivity index (χ2n) is 2.52. The lowest BCUT2D eigenvalue weighted by molar-refractivity contribution is -0.143. The van der Waals surface area contributed by atoms with Gasteiger partial charge < -0.3 is 9.64 Å². The Bertz CT molecular complexity index is 329. The van der Waals surface area contributed by atoms with E-state index in [1.165, 1.54) is 0 Å². The van der Waals surface area contributed by atoms with E-state index in [0.717, 1.165) is 11.7 Å². The van der Waals surface area contributed by atoms with Crippen LogP contribution in [0.2, 0.25) is 5.15 Å². The molecule has 1 aliphatic heterocycles. The second kappa shape index (κ2) is 3.47. The zero-order valence-electron chi connectivity index (χ0n) is 6.57. The summed E-state index contributed by atoms with van der Waals surface area (Å²) >= 11 is 6.80. The molecule has 1 aromatic heterocycles. The normalized spacial score (nSPS) is 17.3. The highest BCUT2D eigenvalue weighted by molar-refractivity contribution is 6.99. The van der Waals surface area contributed by atoms with Crippen molar-refractivity contribution in [3.05, 3.63) is 5.15 Å². The van der Waals surface area contributed by atoms with E-state index in [0.29, 0.717) is 24.1 Å². The van der Waals surface area contributed by atoms with E-state index in [4.69, 9.17) is 16.3 Å². The third-order valence-corrected chi connectivity index (χ3v) is 2.55. The SMILES string of the molecule is O=C1CN(c2nsnc2Cl)CCO1. The van der Waals surface area contributed by atoms with Gasteiger partial charge in [0, 0.05) is 0 Å². The summed E-state index contributed by atoms with van der Waals surface area (Å²) < 4.78 is 12.6. The first-order valence-corrected chi connectivity index (χ1v) is 4.77. The van der Waals surface area contributed by atoms with Gasteiger partial charge in [-0.1, -0.05) is 11.6 Å². The number of carbonyl (C=O) groups is 1. The fourth-order valence-corrected chi connectivity index (χ4v) is 1.87. The van der Waals surface area contributed by atoms with Crippen LogP contribution in [0.3, 0.4) is 0 Å². The van der Waals surface area contributed by atoms with Gasteiger partial charge in [0.25, 0.3) is 0 Å². The van der Waals surface area contributed by atoms with Crippen LogP contribution in [0.25, 0.3) is 0 Å². The minimum absolute atomic E-state index is 0.200. The molecule has 1 fully saturated rings. The van der Waals surface area contributed by atoms with Crippen LogP contribution in [0, 0.1) is 0 Å². The van der Waals surface area contributed by atoms with E-state index in [9.17, 15) is 4.79 Å². The maximum atomic E-state index is 10.9. The molecule has 1 saturated heterocycles. The van der Waals surface area contributed by atoms with Gasteiger partial charge in [-0.25, -0.2) is 0 Å². The molecule has 0 saturated carbocycles. The van der Waals surface area contributed by atoms with Gasteiger partial charge in [0.05, 0.1) is 18.3 Å². The lowest BCUT2D eigenvalue weighted by Crippen LogP contribution is -2.40. The summed E-state index contributed by atoms with van der Waals surface area (Å²) in [6, 6.07) is 0. The maximum absolute atomic E-state index is 10.9. The standard InChI is InChI=1S/C6H6ClN3O2S/c7-5-6(9-13-8-5)10-1-2-12-4(11)3-10/h1-3H2. The van der Waals surface area contributed by atoms with Crippen LogP contribution in [0.1, 0.15) is 0 Å². The highest BCUT2D eigenvalue weighted by Crippen LogP contribution is 2.23. The van der Waals surface area contributed by atoms with Crippen LogP contribution in [-0.4, -0.2) is 34.4 Å². The number of carbonyl (C=O) groups excluding carboxylic acids is 1. The summed E-state index contributed by atoms with van der Waals surface area (Å²) in [5, 5.41) is 0.347. The molecule has 1 aromatic rings. The van der Waals surface area contributed by atoms with Crippen molar-refractivity contribution in [2.45, 2.75) is 0 Å². The smallest absolute Gasteiger partial charge is 0.325 e. The molecular formula is C6H6ClN3O2S. The minimum atomic E-state index is -0.254. The molecule has 0 bridgehead atoms. The molecule has 0 amide bonds. The molecule has 2 heterocycles. The first kappa shape index (κ1) is 8.71. The molecule has 0 radical (unpaired) electrons. The first-order chi connectivity index (χ1) is 6.27. The van der Waals surface area contributed by atoms with Gasteiger partial charge in [-0.3, -0.25) is 4.79 Å². The molecule has 1 aliphatic rings. The fraction of sp³-hybridized carbons (Fsp3) is 0.500. The highest BCUT2D eigenvalue weighted by Gasteiger charge is 2.22. The van der Waals surface area contributed by atoms with Gasteiger partial charge in [-0.15, -0.1) is 0 Å². The summed E-state index contributed by atoms with van der Waals surface area (Å²) in [6.45, 7) is 1.20. The number of halogens is 1. The Kier molecular flexibility index (Phi) is 2.32. The summed E-state index contributed by atoms with van der Waals surface area (Å²) in [4.78, 5) is 12.7. The number of morpholine rings is 1. The fourth-order valence-electron chi connectivity index (χ4n) is 1.09. The molecule has 0 spiro atoms. The molecule has 13 heavy (non-hydrogen) atoms. The molecule has 0 N–H and O–H groups in total. The number of rotatable bonds is 1. The van der Waals surface area contributed by atoms with Gasteiger partial charge >= 0.3 is 5.97 Å². The Hall–Kier alpha value is -0.880. The number of ether oxygens (including phenoxy) is 1. The van der Waals surface area contributed by atoms with Crippen LogP contribution in [-0.2, 0) is 9.53 Å². The topological polar surface area (TPSA) is 55.3 Å². The van der Waals surface area contributed by atoms with Gasteiger partial charge in [-0.05, 0) is 0 Å². The summed E-state index contributed by atoms with van der Waals surface area (Å²) in [7, 11) is 0. The number of esters is 1. The Morgan fingerprint density at radius 2 is 2.38 bits per heavy atom. The Balaban J connectivity index is 2.17. The molecule has 0 aliphatic carbocycles. The quantitative estimate of drug-likeness (QED) is 0.646. The number of hydrogen-bond acceptors (Lipinski definition) is 6. The van der Waals surface area contributed by atoms with Crippen molar-refractivity contribution in [3.63, 3.8) is 0 Å². The number of cyclic esters (lactones) is 1. The third-order valence-electron chi connectivity index (χ3n) is 1.68. The highest BCUT2D eigenvalue weighted by atomic mass is 35.5. The predicted molar refractivity (Wildman–Crippen MR) is 48.1 cm³/mol. The Morgan fingerprint density at radius 1 is 1.54 bits per heavy atom. The summed E-state index contributed by atoms with van der Waals surface area (Å²) in [5.41, 5.74) is 0. The van der Waals surface area contributed by atoms with Crippen LogP contribution >= 0.6 is 23.3 Å². The van der Waals surface area contributed by atoms with Gasteiger partial charge in [0.1, 0.15) is 13.2 Å². The number of aromatic nitrogens is 2. The zero-order chi connectivity index (χ0) is 9.26. The van der Waals surface area contributed by atoms with E-state index in [1.54, 1.807) is 4.90 Å². The number of hydrogen-bond donors (Lipinski definition) is 0. The van der Waals surface area contributed by atoms with Crippen molar-refractivity contribution in [1.29, 1.82) is 0 Å². The molecule has 70 valence electrons. The average Bonchev–Trinajstić information content (AvgIpc) is 2.51. The van der Waals surface area contributed by atoms with Crippen LogP contribution in [0.5, 0.6) is 0 Å². The van der Waals surface area contributed by atoms with Crippen LogP contribution in [0.15, 0.2) is 0 Å². The van der Waals surface area contributed by atoms with Gasteiger partial charge in [0.15, 0.2) is 11.0 Å². The molecule has 0 atom stereocenters. The monoisotopic (exact) mass is 219 g/mol. The van der Waals surface area contributed by atoms with Crippen LogP contribution in [0.4, 0.5) is 5.82 Å². The molecule has 5 nitrogen and oxygen atoms in total. The predicted octanol–water partition coefficient (Wildman–Crippen LogP) is 0.555. The maximum Gasteiger partial charge on any atom is 0.325 e. The summed E-state index contributed by atoms with van der Waals surface area (Å²) in [6.07, 6.45) is 0. The number of anilines is 1. The van der Waals surface area contributed by atoms with E-state index < -0.39 is 0 Å². The van der Waals surface area contributed by atoms with Crippen molar-refractivity contribution in [1.82, 2.24) is 8.75 Å². The van der Waals surface area contributed by atoms with Gasteiger partial charge in [-0.2, -0.15) is 8.75 Å². The first-order valence-electron chi connectivity index (χ1n) is 3.66. The Morgan fingerprint density at radius 3 is 3.00 bits per heavy atom. The molecule has 7 heteroatoms. The lowest BCUT2D eigenvalue weighted by Gasteiger charge is -2.25. The largest absolute Gasteiger partial charge is 0.462 e.